The summed E-state index contributed by atoms with van der Waals surface area (Å²) in [4.78, 5) is 11.9. The molecule has 4 N–H and O–H groups in total. The van der Waals surface area contributed by atoms with E-state index in [-0.39, 0.29) is 19.0 Å². The zero-order valence-corrected chi connectivity index (χ0v) is 12.0. The summed E-state index contributed by atoms with van der Waals surface area (Å²) < 4.78 is 25.8. The van der Waals surface area contributed by atoms with Gasteiger partial charge >= 0.3 is 0 Å². The highest BCUT2D eigenvalue weighted by Crippen LogP contribution is 2.11. The van der Waals surface area contributed by atoms with E-state index < -0.39 is 10.0 Å². The Bertz CT molecular complexity index is 536. The fourth-order valence-corrected chi connectivity index (χ4v) is 2.13. The number of nitrogens with one attached hydrogen (secondary N) is 2. The van der Waals surface area contributed by atoms with Gasteiger partial charge in [0.05, 0.1) is 11.9 Å². The summed E-state index contributed by atoms with van der Waals surface area (Å²) in [7, 11) is -3.23. The van der Waals surface area contributed by atoms with Gasteiger partial charge in [-0.05, 0) is 12.5 Å². The molecule has 0 fully saturated rings. The van der Waals surface area contributed by atoms with Gasteiger partial charge in [-0.2, -0.15) is 0 Å². The number of carbonyl (C=O) groups is 1. The van der Waals surface area contributed by atoms with Crippen LogP contribution in [0.4, 0.5) is 5.69 Å². The largest absolute Gasteiger partial charge is 0.397 e. The van der Waals surface area contributed by atoms with E-state index in [4.69, 9.17) is 5.73 Å². The van der Waals surface area contributed by atoms with Gasteiger partial charge in [-0.15, -0.1) is 0 Å². The second-order valence-electron chi connectivity index (χ2n) is 4.27. The molecular weight excluding hydrogens is 268 g/mol. The fourth-order valence-electron chi connectivity index (χ4n) is 1.65. The maximum Gasteiger partial charge on any atom is 0.268 e. The molecule has 0 saturated heterocycles. The Hall–Kier alpha value is -1.54. The number of nitrogens with two attached hydrogens (primary N) is 1. The van der Waals surface area contributed by atoms with Crippen molar-refractivity contribution < 1.29 is 13.2 Å². The van der Waals surface area contributed by atoms with Crippen LogP contribution in [-0.4, -0.2) is 38.2 Å². The van der Waals surface area contributed by atoms with Crippen LogP contribution < -0.4 is 15.8 Å². The van der Waals surface area contributed by atoms with Gasteiger partial charge in [-0.3, -0.25) is 4.79 Å². The third-order valence-electron chi connectivity index (χ3n) is 2.39. The lowest BCUT2D eigenvalue weighted by atomic mass is 10.3. The summed E-state index contributed by atoms with van der Waals surface area (Å²) in [5.74, 6) is -0.263. The second kappa shape index (κ2) is 6.58. The number of aryl methyl sites for hydroxylation is 1. The van der Waals surface area contributed by atoms with Crippen molar-refractivity contribution in [1.29, 1.82) is 0 Å². The van der Waals surface area contributed by atoms with E-state index in [9.17, 15) is 13.2 Å². The van der Waals surface area contributed by atoms with Gasteiger partial charge in [0.25, 0.3) is 5.91 Å². The molecule has 8 heteroatoms. The van der Waals surface area contributed by atoms with Gasteiger partial charge < -0.3 is 15.6 Å². The topological polar surface area (TPSA) is 106 Å². The molecule has 0 aliphatic rings. The van der Waals surface area contributed by atoms with Crippen molar-refractivity contribution in [3.8, 4) is 0 Å². The molecule has 0 atom stereocenters. The van der Waals surface area contributed by atoms with Crippen LogP contribution in [0.15, 0.2) is 12.3 Å². The van der Waals surface area contributed by atoms with E-state index in [0.29, 0.717) is 17.9 Å². The zero-order valence-electron chi connectivity index (χ0n) is 11.1. The van der Waals surface area contributed by atoms with E-state index in [2.05, 4.69) is 10.0 Å². The number of sulfonamides is 1. The third kappa shape index (κ3) is 5.31. The third-order valence-corrected chi connectivity index (χ3v) is 3.12. The summed E-state index contributed by atoms with van der Waals surface area (Å²) in [5, 5.41) is 2.64. The number of nitrogens with zero attached hydrogens (tertiary/aromatic N) is 1. The molecule has 1 aromatic rings. The van der Waals surface area contributed by atoms with Crippen LogP contribution in [0.3, 0.4) is 0 Å². The minimum Gasteiger partial charge on any atom is -0.397 e. The summed E-state index contributed by atoms with van der Waals surface area (Å²) in [6, 6.07) is 1.61. The zero-order chi connectivity index (χ0) is 14.5. The summed E-state index contributed by atoms with van der Waals surface area (Å²) in [5.41, 5.74) is 6.69. The highest BCUT2D eigenvalue weighted by molar-refractivity contribution is 7.88. The maximum absolute atomic E-state index is 11.9. The Kier molecular flexibility index (Phi) is 5.37. The molecule has 0 aromatic carbocycles. The van der Waals surface area contributed by atoms with Gasteiger partial charge in [-0.1, -0.05) is 6.92 Å². The lowest BCUT2D eigenvalue weighted by molar-refractivity contribution is 0.0945. The standard InChI is InChI=1S/C11H20N4O3S/c1-3-6-15-8-9(12)7-10(15)11(16)13-4-5-14-19(2,17)18/h7-8,14H,3-6,12H2,1-2H3,(H,13,16). The number of amides is 1. The molecule has 0 aliphatic heterocycles. The molecule has 0 unspecified atom stereocenters. The van der Waals surface area contributed by atoms with Crippen LogP contribution in [-0.2, 0) is 16.6 Å². The van der Waals surface area contributed by atoms with E-state index in [1.54, 1.807) is 16.8 Å². The summed E-state index contributed by atoms with van der Waals surface area (Å²) >= 11 is 0. The van der Waals surface area contributed by atoms with Crippen molar-refractivity contribution in [3.05, 3.63) is 18.0 Å². The van der Waals surface area contributed by atoms with Crippen LogP contribution in [0.2, 0.25) is 0 Å². The molecule has 1 rings (SSSR count). The van der Waals surface area contributed by atoms with Crippen molar-refractivity contribution in [3.63, 3.8) is 0 Å². The average molecular weight is 288 g/mol. The van der Waals surface area contributed by atoms with Crippen molar-refractivity contribution in [2.45, 2.75) is 19.9 Å². The Morgan fingerprint density at radius 2 is 2.11 bits per heavy atom. The fraction of sp³-hybridized carbons (Fsp3) is 0.545. The van der Waals surface area contributed by atoms with Gasteiger partial charge in [0.2, 0.25) is 10.0 Å². The second-order valence-corrected chi connectivity index (χ2v) is 6.11. The van der Waals surface area contributed by atoms with Crippen molar-refractivity contribution >= 4 is 21.6 Å². The molecule has 108 valence electrons. The maximum atomic E-state index is 11.9. The summed E-state index contributed by atoms with van der Waals surface area (Å²) in [6.07, 6.45) is 3.68. The highest BCUT2D eigenvalue weighted by Gasteiger charge is 2.12. The van der Waals surface area contributed by atoms with Crippen LogP contribution in [0.1, 0.15) is 23.8 Å². The Morgan fingerprint density at radius 3 is 2.68 bits per heavy atom. The minimum atomic E-state index is -3.23. The van der Waals surface area contributed by atoms with Crippen LogP contribution >= 0.6 is 0 Å². The molecule has 0 spiro atoms. The normalized spacial score (nSPS) is 11.5. The molecule has 19 heavy (non-hydrogen) atoms. The molecule has 1 heterocycles. The van der Waals surface area contributed by atoms with Crippen LogP contribution in [0.25, 0.3) is 0 Å². The van der Waals surface area contributed by atoms with E-state index in [1.807, 2.05) is 6.92 Å². The minimum absolute atomic E-state index is 0.161. The highest BCUT2D eigenvalue weighted by atomic mass is 32.2. The monoisotopic (exact) mass is 288 g/mol. The predicted octanol–water partition coefficient (Wildman–Crippen LogP) is -0.241. The van der Waals surface area contributed by atoms with Crippen molar-refractivity contribution in [2.75, 3.05) is 25.1 Å². The van der Waals surface area contributed by atoms with Gasteiger partial charge in [-0.25, -0.2) is 13.1 Å². The number of nitrogen functional groups attached to an aromatic ring is 1. The number of hydrogen-bond acceptors (Lipinski definition) is 4. The molecule has 1 amide bonds. The first kappa shape index (κ1) is 15.5. The number of rotatable bonds is 7. The van der Waals surface area contributed by atoms with E-state index in [0.717, 1.165) is 12.7 Å². The van der Waals surface area contributed by atoms with E-state index in [1.165, 1.54) is 0 Å². The molecule has 0 saturated carbocycles. The first-order valence-electron chi connectivity index (χ1n) is 6.02. The first-order chi connectivity index (χ1) is 8.83. The molecule has 7 nitrogen and oxygen atoms in total. The van der Waals surface area contributed by atoms with Gasteiger partial charge in [0.15, 0.2) is 0 Å². The Labute approximate surface area is 113 Å². The first-order valence-corrected chi connectivity index (χ1v) is 7.91. The van der Waals surface area contributed by atoms with Crippen LogP contribution in [0, 0.1) is 0 Å². The van der Waals surface area contributed by atoms with Crippen molar-refractivity contribution in [2.24, 2.45) is 0 Å². The average Bonchev–Trinajstić information content (AvgIpc) is 2.65. The van der Waals surface area contributed by atoms with Gasteiger partial charge in [0.1, 0.15) is 5.69 Å². The van der Waals surface area contributed by atoms with Crippen molar-refractivity contribution in [1.82, 2.24) is 14.6 Å². The van der Waals surface area contributed by atoms with Crippen LogP contribution in [0.5, 0.6) is 0 Å². The Balaban J connectivity index is 2.54. The number of carbonyl (C=O) groups excluding carboxylic acids is 1. The predicted molar refractivity (Wildman–Crippen MR) is 74.3 cm³/mol. The van der Waals surface area contributed by atoms with E-state index >= 15 is 0 Å². The SMILES string of the molecule is CCCn1cc(N)cc1C(=O)NCCNS(C)(=O)=O. The molecule has 0 bridgehead atoms. The quantitative estimate of drug-likeness (QED) is 0.602. The number of anilines is 1. The molecular formula is C11H20N4O3S. The summed E-state index contributed by atoms with van der Waals surface area (Å²) in [6.45, 7) is 3.10. The number of aromatic nitrogens is 1. The molecule has 0 radical (unpaired) electrons. The molecule has 0 aliphatic carbocycles. The van der Waals surface area contributed by atoms with Gasteiger partial charge in [0, 0.05) is 25.8 Å². The Morgan fingerprint density at radius 1 is 1.42 bits per heavy atom. The lowest BCUT2D eigenvalue weighted by Gasteiger charge is -2.08. The molecule has 1 aromatic heterocycles. The smallest absolute Gasteiger partial charge is 0.268 e. The number of hydrogen-bond donors (Lipinski definition) is 3. The lowest BCUT2D eigenvalue weighted by Crippen LogP contribution is -2.34.